The molecule has 8 heteroatoms. The van der Waals surface area contributed by atoms with Gasteiger partial charge in [-0.15, -0.1) is 0 Å². The second-order valence-corrected chi connectivity index (χ2v) is 4.11. The minimum Gasteiger partial charge on any atom is -0.336 e. The number of aromatic nitrogens is 4. The number of fused-ring (bicyclic) bond motifs is 1. The number of ketones is 1. The molecule has 0 amide bonds. The lowest BCUT2D eigenvalue weighted by Gasteiger charge is -2.04. The molecule has 3 rings (SSSR count). The number of carbonyl (C=O) groups excluding carboxylic acids is 1. The minimum absolute atomic E-state index is 0.0254. The molecule has 2 heterocycles. The van der Waals surface area contributed by atoms with E-state index in [1.807, 2.05) is 0 Å². The summed E-state index contributed by atoms with van der Waals surface area (Å²) >= 11 is 0. The van der Waals surface area contributed by atoms with Crippen LogP contribution in [0.1, 0.15) is 17.3 Å². The molecule has 20 heavy (non-hydrogen) atoms. The van der Waals surface area contributed by atoms with Crippen molar-refractivity contribution in [3.05, 3.63) is 40.2 Å². The predicted molar refractivity (Wildman–Crippen MR) is 69.9 cm³/mol. The van der Waals surface area contributed by atoms with E-state index in [1.165, 1.54) is 6.92 Å². The van der Waals surface area contributed by atoms with Crippen molar-refractivity contribution in [1.29, 1.82) is 0 Å². The Bertz CT molecular complexity index is 834. The number of hydrogen-bond acceptors (Lipinski definition) is 7. The lowest BCUT2D eigenvalue weighted by Crippen LogP contribution is -2.13. The molecule has 0 aliphatic rings. The third kappa shape index (κ3) is 2.14. The van der Waals surface area contributed by atoms with Gasteiger partial charge in [0.25, 0.3) is 5.56 Å². The van der Waals surface area contributed by atoms with Crippen LogP contribution in [0, 0.1) is 0 Å². The van der Waals surface area contributed by atoms with Crippen molar-refractivity contribution in [3.63, 3.8) is 0 Å². The SMILES string of the molecule is CC(=O)c1ccc(Nc2nc3nonc3[nH]c2=O)cc1. The van der Waals surface area contributed by atoms with Gasteiger partial charge in [0.2, 0.25) is 11.3 Å². The summed E-state index contributed by atoms with van der Waals surface area (Å²) in [7, 11) is 0. The molecule has 0 spiro atoms. The largest absolute Gasteiger partial charge is 0.336 e. The Balaban J connectivity index is 1.94. The molecule has 2 N–H and O–H groups in total. The molecule has 2 aromatic heterocycles. The highest BCUT2D eigenvalue weighted by Gasteiger charge is 2.09. The maximum absolute atomic E-state index is 11.8. The van der Waals surface area contributed by atoms with E-state index < -0.39 is 5.56 Å². The summed E-state index contributed by atoms with van der Waals surface area (Å²) in [6, 6.07) is 6.69. The van der Waals surface area contributed by atoms with Gasteiger partial charge in [0.1, 0.15) is 0 Å². The summed E-state index contributed by atoms with van der Waals surface area (Å²) in [5.74, 6) is 0.0476. The maximum atomic E-state index is 11.8. The van der Waals surface area contributed by atoms with Gasteiger partial charge in [-0.05, 0) is 41.5 Å². The van der Waals surface area contributed by atoms with Gasteiger partial charge in [0, 0.05) is 11.3 Å². The molecule has 0 aliphatic heterocycles. The van der Waals surface area contributed by atoms with Gasteiger partial charge in [0.05, 0.1) is 0 Å². The third-order valence-electron chi connectivity index (χ3n) is 2.69. The van der Waals surface area contributed by atoms with E-state index in [4.69, 9.17) is 0 Å². The van der Waals surface area contributed by atoms with Gasteiger partial charge in [-0.3, -0.25) is 14.6 Å². The fourth-order valence-corrected chi connectivity index (χ4v) is 1.67. The van der Waals surface area contributed by atoms with Gasteiger partial charge in [-0.2, -0.15) is 4.98 Å². The molecule has 3 aromatic rings. The first-order valence-corrected chi connectivity index (χ1v) is 5.74. The van der Waals surface area contributed by atoms with Crippen LogP contribution in [0.15, 0.2) is 33.7 Å². The van der Waals surface area contributed by atoms with Gasteiger partial charge >= 0.3 is 0 Å². The zero-order chi connectivity index (χ0) is 14.1. The Morgan fingerprint density at radius 3 is 2.70 bits per heavy atom. The first kappa shape index (κ1) is 12.0. The Morgan fingerprint density at radius 1 is 1.25 bits per heavy atom. The minimum atomic E-state index is -0.441. The second-order valence-electron chi connectivity index (χ2n) is 4.11. The van der Waals surface area contributed by atoms with Crippen LogP contribution in [0.3, 0.4) is 0 Å². The molecule has 0 atom stereocenters. The number of rotatable bonds is 3. The van der Waals surface area contributed by atoms with E-state index in [1.54, 1.807) is 24.3 Å². The second kappa shape index (κ2) is 4.57. The summed E-state index contributed by atoms with van der Waals surface area (Å²) in [5.41, 5.74) is 1.17. The lowest BCUT2D eigenvalue weighted by atomic mass is 10.1. The number of carbonyl (C=O) groups is 1. The summed E-state index contributed by atoms with van der Waals surface area (Å²) in [4.78, 5) is 29.4. The molecule has 0 aliphatic carbocycles. The smallest absolute Gasteiger partial charge is 0.292 e. The number of Topliss-reactive ketones (excluding diaryl/α,β-unsaturated/α-hetero) is 1. The molecule has 0 unspecified atom stereocenters. The summed E-state index contributed by atoms with van der Waals surface area (Å²) in [5, 5.41) is 9.88. The van der Waals surface area contributed by atoms with E-state index in [-0.39, 0.29) is 22.9 Å². The predicted octanol–water partition coefficient (Wildman–Crippen LogP) is 1.25. The normalized spacial score (nSPS) is 10.7. The van der Waals surface area contributed by atoms with Crippen molar-refractivity contribution < 1.29 is 9.42 Å². The summed E-state index contributed by atoms with van der Waals surface area (Å²) in [6.45, 7) is 1.49. The van der Waals surface area contributed by atoms with Crippen LogP contribution in [0.2, 0.25) is 0 Å². The van der Waals surface area contributed by atoms with Crippen LogP contribution in [0.5, 0.6) is 0 Å². The molecule has 1 aromatic carbocycles. The van der Waals surface area contributed by atoms with Gasteiger partial charge in [-0.25, -0.2) is 4.63 Å². The summed E-state index contributed by atoms with van der Waals surface area (Å²) < 4.78 is 4.47. The molecule has 8 nitrogen and oxygen atoms in total. The van der Waals surface area contributed by atoms with E-state index in [2.05, 4.69) is 30.2 Å². The van der Waals surface area contributed by atoms with E-state index in [9.17, 15) is 9.59 Å². The van der Waals surface area contributed by atoms with Gasteiger partial charge < -0.3 is 5.32 Å². The molecule has 0 radical (unpaired) electrons. The Labute approximate surface area is 111 Å². The number of aromatic amines is 1. The first-order valence-electron chi connectivity index (χ1n) is 5.74. The molecule has 0 saturated carbocycles. The average molecular weight is 271 g/mol. The fraction of sp³-hybridized carbons (Fsp3) is 0.0833. The number of benzene rings is 1. The van der Waals surface area contributed by atoms with Crippen LogP contribution in [-0.4, -0.2) is 26.1 Å². The van der Waals surface area contributed by atoms with Crippen molar-refractivity contribution in [2.24, 2.45) is 0 Å². The lowest BCUT2D eigenvalue weighted by molar-refractivity contribution is 0.101. The highest BCUT2D eigenvalue weighted by Crippen LogP contribution is 2.14. The quantitative estimate of drug-likeness (QED) is 0.689. The molecular formula is C12H9N5O3. The molecule has 0 fully saturated rings. The monoisotopic (exact) mass is 271 g/mol. The molecule has 0 saturated heterocycles. The van der Waals surface area contributed by atoms with E-state index >= 15 is 0 Å². The fourth-order valence-electron chi connectivity index (χ4n) is 1.67. The van der Waals surface area contributed by atoms with Gasteiger partial charge in [-0.1, -0.05) is 0 Å². The molecular weight excluding hydrogens is 262 g/mol. The Hall–Kier alpha value is -3.03. The van der Waals surface area contributed by atoms with Crippen LogP contribution >= 0.6 is 0 Å². The van der Waals surface area contributed by atoms with Crippen LogP contribution < -0.4 is 10.9 Å². The number of anilines is 2. The van der Waals surface area contributed by atoms with Crippen LogP contribution in [0.4, 0.5) is 11.5 Å². The van der Waals surface area contributed by atoms with Gasteiger partial charge in [0.15, 0.2) is 11.6 Å². The zero-order valence-electron chi connectivity index (χ0n) is 10.4. The van der Waals surface area contributed by atoms with E-state index in [0.717, 1.165) is 0 Å². The Morgan fingerprint density at radius 2 is 2.00 bits per heavy atom. The van der Waals surface area contributed by atoms with Crippen molar-refractivity contribution >= 4 is 28.6 Å². The highest BCUT2D eigenvalue weighted by molar-refractivity contribution is 5.94. The number of nitrogens with one attached hydrogen (secondary N) is 2. The first-order chi connectivity index (χ1) is 9.63. The van der Waals surface area contributed by atoms with Crippen LogP contribution in [0.25, 0.3) is 11.3 Å². The number of H-pyrrole nitrogens is 1. The maximum Gasteiger partial charge on any atom is 0.292 e. The molecule has 100 valence electrons. The Kier molecular flexibility index (Phi) is 2.75. The van der Waals surface area contributed by atoms with E-state index in [0.29, 0.717) is 11.3 Å². The average Bonchev–Trinajstić information content (AvgIpc) is 2.87. The van der Waals surface area contributed by atoms with Crippen molar-refractivity contribution in [2.45, 2.75) is 6.92 Å². The number of hydrogen-bond donors (Lipinski definition) is 2. The van der Waals surface area contributed by atoms with Crippen LogP contribution in [-0.2, 0) is 0 Å². The molecule has 0 bridgehead atoms. The zero-order valence-corrected chi connectivity index (χ0v) is 10.4. The van der Waals surface area contributed by atoms with Crippen molar-refractivity contribution in [1.82, 2.24) is 20.3 Å². The summed E-state index contributed by atoms with van der Waals surface area (Å²) in [6.07, 6.45) is 0. The third-order valence-corrected chi connectivity index (χ3v) is 2.69. The number of nitrogens with zero attached hydrogens (tertiary/aromatic N) is 3. The standard InChI is InChI=1S/C12H9N5O3/c1-6(18)7-2-4-8(5-3-7)13-11-12(19)15-10-9(14-11)16-20-17-10/h2-5H,1H3,(H,13,14,16)(H,15,17,19). The topological polar surface area (TPSA) is 114 Å². The highest BCUT2D eigenvalue weighted by atomic mass is 16.6. The van der Waals surface area contributed by atoms with Crippen molar-refractivity contribution in [3.8, 4) is 0 Å². The van der Waals surface area contributed by atoms with Crippen molar-refractivity contribution in [2.75, 3.05) is 5.32 Å².